The Bertz CT molecular complexity index is 1250. The van der Waals surface area contributed by atoms with Gasteiger partial charge in [-0.2, -0.15) is 0 Å². The molecular weight excluding hydrogens is 400 g/mol. The van der Waals surface area contributed by atoms with Crippen molar-refractivity contribution in [1.29, 1.82) is 0 Å². The van der Waals surface area contributed by atoms with Gasteiger partial charge >= 0.3 is 0 Å². The zero-order chi connectivity index (χ0) is 22.6. The standard InChI is InChI=1S/C32H26O/c1-23-28(24-15-7-3-8-16-24)30(26-19-11-5-12-20-26)32(33-2)31(27-21-13-6-14-22-27)29(23)25-17-9-4-10-18-25/h3-22H,1-2H3. The maximum Gasteiger partial charge on any atom is 0.135 e. The highest BCUT2D eigenvalue weighted by atomic mass is 16.5. The third-order valence-electron chi connectivity index (χ3n) is 6.16. The molecule has 0 aliphatic heterocycles. The minimum absolute atomic E-state index is 0.899. The van der Waals surface area contributed by atoms with E-state index in [1.54, 1.807) is 7.11 Å². The molecule has 0 fully saturated rings. The second-order valence-electron chi connectivity index (χ2n) is 8.12. The molecular formula is C32H26O. The highest BCUT2D eigenvalue weighted by Gasteiger charge is 2.26. The normalized spacial score (nSPS) is 10.7. The van der Waals surface area contributed by atoms with Crippen LogP contribution in [0.25, 0.3) is 44.5 Å². The summed E-state index contributed by atoms with van der Waals surface area (Å²) in [6.45, 7) is 2.24. The van der Waals surface area contributed by atoms with Gasteiger partial charge in [0.15, 0.2) is 0 Å². The van der Waals surface area contributed by atoms with Crippen molar-refractivity contribution in [1.82, 2.24) is 0 Å². The fourth-order valence-corrected chi connectivity index (χ4v) is 4.75. The van der Waals surface area contributed by atoms with Crippen LogP contribution < -0.4 is 4.74 Å². The van der Waals surface area contributed by atoms with Crippen molar-refractivity contribution in [3.8, 4) is 50.3 Å². The largest absolute Gasteiger partial charge is 0.495 e. The fourth-order valence-electron chi connectivity index (χ4n) is 4.75. The van der Waals surface area contributed by atoms with Crippen LogP contribution in [-0.4, -0.2) is 7.11 Å². The van der Waals surface area contributed by atoms with Crippen molar-refractivity contribution >= 4 is 0 Å². The van der Waals surface area contributed by atoms with E-state index in [2.05, 4.69) is 128 Å². The Balaban J connectivity index is 2.00. The lowest BCUT2D eigenvalue weighted by molar-refractivity contribution is 0.418. The summed E-state index contributed by atoms with van der Waals surface area (Å²) in [6, 6.07) is 42.4. The molecule has 0 radical (unpaired) electrons. The minimum Gasteiger partial charge on any atom is -0.495 e. The smallest absolute Gasteiger partial charge is 0.135 e. The molecule has 0 N–H and O–H groups in total. The molecule has 1 nitrogen and oxygen atoms in total. The lowest BCUT2D eigenvalue weighted by Gasteiger charge is -2.25. The third kappa shape index (κ3) is 3.83. The molecule has 0 amide bonds. The van der Waals surface area contributed by atoms with Gasteiger partial charge in [0.2, 0.25) is 0 Å². The second kappa shape index (κ2) is 9.18. The number of benzene rings is 5. The van der Waals surface area contributed by atoms with Gasteiger partial charge in [-0.1, -0.05) is 121 Å². The second-order valence-corrected chi connectivity index (χ2v) is 8.12. The van der Waals surface area contributed by atoms with E-state index in [1.807, 2.05) is 0 Å². The summed E-state index contributed by atoms with van der Waals surface area (Å²) in [6.07, 6.45) is 0. The molecule has 0 heterocycles. The first kappa shape index (κ1) is 20.8. The van der Waals surface area contributed by atoms with Gasteiger partial charge in [0.05, 0.1) is 7.11 Å². The first-order valence-corrected chi connectivity index (χ1v) is 11.3. The number of hydrogen-bond donors (Lipinski definition) is 0. The lowest BCUT2D eigenvalue weighted by Crippen LogP contribution is -2.01. The maximum atomic E-state index is 6.26. The number of ether oxygens (including phenoxy) is 1. The predicted molar refractivity (Wildman–Crippen MR) is 139 cm³/mol. The van der Waals surface area contributed by atoms with Crippen LogP contribution in [-0.2, 0) is 0 Å². The molecule has 5 rings (SSSR count). The minimum atomic E-state index is 0.899. The van der Waals surface area contributed by atoms with E-state index in [0.717, 1.165) is 28.0 Å². The van der Waals surface area contributed by atoms with Crippen LogP contribution in [0, 0.1) is 6.92 Å². The zero-order valence-electron chi connectivity index (χ0n) is 19.0. The van der Waals surface area contributed by atoms with Gasteiger partial charge in [0.1, 0.15) is 5.75 Å². The highest BCUT2D eigenvalue weighted by molar-refractivity contribution is 6.03. The Morgan fingerprint density at radius 2 is 0.667 bits per heavy atom. The Labute approximate surface area is 196 Å². The number of hydrogen-bond acceptors (Lipinski definition) is 1. The van der Waals surface area contributed by atoms with E-state index in [4.69, 9.17) is 4.74 Å². The van der Waals surface area contributed by atoms with Gasteiger partial charge in [-0.3, -0.25) is 0 Å². The van der Waals surface area contributed by atoms with E-state index >= 15 is 0 Å². The van der Waals surface area contributed by atoms with E-state index in [9.17, 15) is 0 Å². The van der Waals surface area contributed by atoms with Gasteiger partial charge in [0, 0.05) is 11.1 Å². The molecule has 0 aliphatic carbocycles. The van der Waals surface area contributed by atoms with Crippen LogP contribution >= 0.6 is 0 Å². The van der Waals surface area contributed by atoms with Crippen LogP contribution in [0.2, 0.25) is 0 Å². The molecule has 5 aromatic rings. The Morgan fingerprint density at radius 3 is 0.939 bits per heavy atom. The predicted octanol–water partition coefficient (Wildman–Crippen LogP) is 8.67. The van der Waals surface area contributed by atoms with Gasteiger partial charge in [-0.25, -0.2) is 0 Å². The molecule has 5 aromatic carbocycles. The van der Waals surface area contributed by atoms with Crippen LogP contribution in [0.15, 0.2) is 121 Å². The third-order valence-corrected chi connectivity index (χ3v) is 6.16. The summed E-state index contributed by atoms with van der Waals surface area (Å²) in [4.78, 5) is 0. The Kier molecular flexibility index (Phi) is 5.78. The van der Waals surface area contributed by atoms with Gasteiger partial charge in [0.25, 0.3) is 0 Å². The van der Waals surface area contributed by atoms with Gasteiger partial charge in [-0.05, 0) is 45.9 Å². The van der Waals surface area contributed by atoms with Crippen molar-refractivity contribution in [2.24, 2.45) is 0 Å². The molecule has 1 heteroatoms. The summed E-state index contributed by atoms with van der Waals surface area (Å²) in [5.74, 6) is 0.899. The summed E-state index contributed by atoms with van der Waals surface area (Å²) in [5, 5.41) is 0. The zero-order valence-corrected chi connectivity index (χ0v) is 19.0. The topological polar surface area (TPSA) is 9.23 Å². The summed E-state index contributed by atoms with van der Waals surface area (Å²) in [7, 11) is 1.78. The van der Waals surface area contributed by atoms with E-state index in [1.165, 1.54) is 27.8 Å². The van der Waals surface area contributed by atoms with Crippen LogP contribution in [0.1, 0.15) is 5.56 Å². The van der Waals surface area contributed by atoms with Crippen molar-refractivity contribution in [2.75, 3.05) is 7.11 Å². The summed E-state index contributed by atoms with van der Waals surface area (Å²) >= 11 is 0. The number of rotatable bonds is 5. The molecule has 0 aromatic heterocycles. The fraction of sp³-hybridized carbons (Fsp3) is 0.0625. The molecule has 0 saturated heterocycles. The van der Waals surface area contributed by atoms with Crippen LogP contribution in [0.5, 0.6) is 5.75 Å². The monoisotopic (exact) mass is 426 g/mol. The Morgan fingerprint density at radius 1 is 0.394 bits per heavy atom. The van der Waals surface area contributed by atoms with E-state index < -0.39 is 0 Å². The first-order valence-electron chi connectivity index (χ1n) is 11.3. The Hall–Kier alpha value is -4.10. The van der Waals surface area contributed by atoms with Crippen molar-refractivity contribution < 1.29 is 4.74 Å². The maximum absolute atomic E-state index is 6.26. The van der Waals surface area contributed by atoms with Crippen molar-refractivity contribution in [2.45, 2.75) is 6.92 Å². The molecule has 0 unspecified atom stereocenters. The quantitative estimate of drug-likeness (QED) is 0.273. The number of methoxy groups -OCH3 is 1. The van der Waals surface area contributed by atoms with Gasteiger partial charge < -0.3 is 4.74 Å². The molecule has 0 bridgehead atoms. The average Bonchev–Trinajstić information content (AvgIpc) is 2.90. The van der Waals surface area contributed by atoms with Crippen molar-refractivity contribution in [3.63, 3.8) is 0 Å². The lowest BCUT2D eigenvalue weighted by atomic mass is 9.80. The van der Waals surface area contributed by atoms with Crippen molar-refractivity contribution in [3.05, 3.63) is 127 Å². The molecule has 0 atom stereocenters. The average molecular weight is 427 g/mol. The van der Waals surface area contributed by atoms with Crippen LogP contribution in [0.4, 0.5) is 0 Å². The summed E-state index contributed by atoms with van der Waals surface area (Å²) in [5.41, 5.74) is 10.6. The SMILES string of the molecule is COc1c(-c2ccccc2)c(-c2ccccc2)c(C)c(-c2ccccc2)c1-c1ccccc1. The van der Waals surface area contributed by atoms with Crippen LogP contribution in [0.3, 0.4) is 0 Å². The molecule has 0 aliphatic rings. The van der Waals surface area contributed by atoms with Gasteiger partial charge in [-0.15, -0.1) is 0 Å². The first-order chi connectivity index (χ1) is 16.3. The summed E-state index contributed by atoms with van der Waals surface area (Å²) < 4.78 is 6.26. The van der Waals surface area contributed by atoms with E-state index in [-0.39, 0.29) is 0 Å². The molecule has 160 valence electrons. The molecule has 33 heavy (non-hydrogen) atoms. The van der Waals surface area contributed by atoms with E-state index in [0.29, 0.717) is 0 Å². The molecule has 0 spiro atoms. The highest BCUT2D eigenvalue weighted by Crippen LogP contribution is 2.52. The molecule has 0 saturated carbocycles.